The Morgan fingerprint density at radius 2 is 1.48 bits per heavy atom. The summed E-state index contributed by atoms with van der Waals surface area (Å²) >= 11 is 0. The van der Waals surface area contributed by atoms with Gasteiger partial charge < -0.3 is 38.8 Å². The lowest BCUT2D eigenvalue weighted by Gasteiger charge is -2.19. The highest BCUT2D eigenvalue weighted by Crippen LogP contribution is 2.28. The molecule has 1 aromatic rings. The van der Waals surface area contributed by atoms with E-state index < -0.39 is 29.5 Å². The molecular formula is C34H46N2O12. The number of benzene rings is 1. The molecule has 0 radical (unpaired) electrons. The number of hydrogen-bond donors (Lipinski definition) is 2. The predicted octanol–water partition coefficient (Wildman–Crippen LogP) is 1.99. The summed E-state index contributed by atoms with van der Waals surface area (Å²) in [4.78, 5) is 61.8. The van der Waals surface area contributed by atoms with Gasteiger partial charge in [-0.25, -0.2) is 9.59 Å². The number of carboxylic acid groups (broad SMARTS) is 1. The monoisotopic (exact) mass is 674 g/mol. The van der Waals surface area contributed by atoms with Crippen LogP contribution in [-0.4, -0.2) is 117 Å². The van der Waals surface area contributed by atoms with Gasteiger partial charge in [-0.05, 0) is 51.3 Å². The number of ether oxygens (including phenoxy) is 6. The highest BCUT2D eigenvalue weighted by atomic mass is 16.6. The van der Waals surface area contributed by atoms with Gasteiger partial charge in [-0.3, -0.25) is 19.3 Å². The number of carbonyl (C=O) groups excluding carboxylic acids is 4. The minimum atomic E-state index is -1.17. The zero-order valence-corrected chi connectivity index (χ0v) is 27.8. The Hall–Kier alpha value is -4.11. The number of esters is 1. The molecule has 264 valence electrons. The minimum absolute atomic E-state index is 0.0136. The van der Waals surface area contributed by atoms with E-state index in [4.69, 9.17) is 28.4 Å². The second-order valence-electron chi connectivity index (χ2n) is 12.0. The Bertz CT molecular complexity index is 1320. The highest BCUT2D eigenvalue weighted by Gasteiger charge is 2.37. The molecule has 0 saturated heterocycles. The molecule has 14 nitrogen and oxygen atoms in total. The zero-order valence-electron chi connectivity index (χ0n) is 27.8. The molecule has 3 amide bonds. The molecule has 0 aromatic heterocycles. The Kier molecular flexibility index (Phi) is 15.7. The maximum absolute atomic E-state index is 12.4. The molecule has 2 N–H and O–H groups in total. The molecule has 1 aromatic carbocycles. The lowest BCUT2D eigenvalue weighted by molar-refractivity contribution is -0.157. The van der Waals surface area contributed by atoms with Crippen LogP contribution in [0.4, 0.5) is 0 Å². The van der Waals surface area contributed by atoms with Crippen molar-refractivity contribution in [3.8, 4) is 5.75 Å². The molecule has 0 bridgehead atoms. The summed E-state index contributed by atoms with van der Waals surface area (Å²) in [6, 6.07) is 5.44. The SMILES string of the molecule is CC(C)(C)OC(=O)COc1ccc(CC(NC(=O)CCOCCOCCOCCOCCN2C(=O)C3=C(CCC=C3)C2=O)C(=O)O)cc1. The van der Waals surface area contributed by atoms with E-state index in [1.807, 2.05) is 6.08 Å². The molecule has 2 aliphatic rings. The van der Waals surface area contributed by atoms with Crippen molar-refractivity contribution in [2.45, 2.75) is 58.1 Å². The van der Waals surface area contributed by atoms with Gasteiger partial charge in [-0.15, -0.1) is 0 Å². The molecule has 1 heterocycles. The maximum Gasteiger partial charge on any atom is 0.344 e. The summed E-state index contributed by atoms with van der Waals surface area (Å²) < 4.78 is 32.4. The fraction of sp³-hybridized carbons (Fsp3) is 0.559. The summed E-state index contributed by atoms with van der Waals surface area (Å²) in [5.74, 6) is -2.18. The van der Waals surface area contributed by atoms with Gasteiger partial charge >= 0.3 is 11.9 Å². The van der Waals surface area contributed by atoms with E-state index in [-0.39, 0.29) is 57.6 Å². The van der Waals surface area contributed by atoms with Crippen LogP contribution in [0.25, 0.3) is 0 Å². The van der Waals surface area contributed by atoms with Crippen molar-refractivity contribution in [1.29, 1.82) is 0 Å². The van der Waals surface area contributed by atoms with Crippen molar-refractivity contribution < 1.29 is 57.5 Å². The number of nitrogens with one attached hydrogen (secondary N) is 1. The van der Waals surface area contributed by atoms with Gasteiger partial charge in [-0.2, -0.15) is 0 Å². The third kappa shape index (κ3) is 13.6. The summed E-state index contributed by atoms with van der Waals surface area (Å²) in [5, 5.41) is 12.1. The number of hydrogen-bond acceptors (Lipinski definition) is 11. The van der Waals surface area contributed by atoms with E-state index in [2.05, 4.69) is 5.32 Å². The van der Waals surface area contributed by atoms with Gasteiger partial charge in [-0.1, -0.05) is 24.3 Å². The highest BCUT2D eigenvalue weighted by molar-refractivity contribution is 6.20. The van der Waals surface area contributed by atoms with Crippen LogP contribution >= 0.6 is 0 Å². The predicted molar refractivity (Wildman–Crippen MR) is 171 cm³/mol. The Morgan fingerprint density at radius 3 is 2.06 bits per heavy atom. The van der Waals surface area contributed by atoms with Crippen LogP contribution in [0, 0.1) is 0 Å². The molecule has 1 aliphatic heterocycles. The number of allylic oxidation sites excluding steroid dienone is 1. The van der Waals surface area contributed by atoms with Crippen molar-refractivity contribution in [2.24, 2.45) is 0 Å². The molecule has 48 heavy (non-hydrogen) atoms. The molecular weight excluding hydrogens is 628 g/mol. The van der Waals surface area contributed by atoms with E-state index >= 15 is 0 Å². The molecule has 0 spiro atoms. The summed E-state index contributed by atoms with van der Waals surface area (Å²) in [5.41, 5.74) is 1.14. The van der Waals surface area contributed by atoms with Crippen LogP contribution in [0.5, 0.6) is 5.75 Å². The summed E-state index contributed by atoms with van der Waals surface area (Å²) in [7, 11) is 0. The first kappa shape index (κ1) is 38.3. The zero-order chi connectivity index (χ0) is 34.9. The van der Waals surface area contributed by atoms with E-state index in [9.17, 15) is 29.1 Å². The topological polar surface area (TPSA) is 176 Å². The van der Waals surface area contributed by atoms with Gasteiger partial charge in [0.15, 0.2) is 6.61 Å². The standard InChI is InChI=1S/C34H46N2O12/c1-34(2,3)48-30(38)23-47-25-10-8-24(9-11-25)22-28(33(41)42)35-29(37)12-14-43-16-18-45-20-21-46-19-17-44-15-13-36-31(39)26-6-4-5-7-27(26)32(36)40/h4,6,8-11,28H,5,7,12-23H2,1-3H3,(H,35,37)(H,41,42). The van der Waals surface area contributed by atoms with E-state index in [1.54, 1.807) is 51.1 Å². The van der Waals surface area contributed by atoms with Crippen molar-refractivity contribution in [3.05, 3.63) is 53.1 Å². The molecule has 1 atom stereocenters. The van der Waals surface area contributed by atoms with Crippen molar-refractivity contribution in [1.82, 2.24) is 10.2 Å². The van der Waals surface area contributed by atoms with E-state index in [1.165, 1.54) is 4.90 Å². The summed E-state index contributed by atoms with van der Waals surface area (Å²) in [6.07, 6.45) is 5.04. The number of rotatable bonds is 22. The van der Waals surface area contributed by atoms with Crippen molar-refractivity contribution in [3.63, 3.8) is 0 Å². The van der Waals surface area contributed by atoms with Gasteiger partial charge in [0.1, 0.15) is 17.4 Å². The van der Waals surface area contributed by atoms with Gasteiger partial charge in [0.2, 0.25) is 5.91 Å². The fourth-order valence-corrected chi connectivity index (χ4v) is 4.71. The number of carbonyl (C=O) groups is 5. The first-order valence-corrected chi connectivity index (χ1v) is 16.0. The number of amides is 3. The average Bonchev–Trinajstić information content (AvgIpc) is 3.28. The van der Waals surface area contributed by atoms with Gasteiger partial charge in [0.05, 0.1) is 59.4 Å². The van der Waals surface area contributed by atoms with Gasteiger partial charge in [0.25, 0.3) is 11.8 Å². The fourth-order valence-electron chi connectivity index (χ4n) is 4.71. The largest absolute Gasteiger partial charge is 0.482 e. The van der Waals surface area contributed by atoms with Crippen LogP contribution in [0.1, 0.15) is 45.6 Å². The van der Waals surface area contributed by atoms with E-state index in [0.717, 1.165) is 6.42 Å². The Balaban J connectivity index is 1.16. The maximum atomic E-state index is 12.4. The number of imide groups is 1. The third-order valence-corrected chi connectivity index (χ3v) is 6.97. The lowest BCUT2D eigenvalue weighted by Crippen LogP contribution is -2.42. The van der Waals surface area contributed by atoms with Gasteiger partial charge in [0, 0.05) is 24.0 Å². The Morgan fingerprint density at radius 1 is 0.875 bits per heavy atom. The van der Waals surface area contributed by atoms with Crippen LogP contribution < -0.4 is 10.1 Å². The Labute approximate surface area is 280 Å². The first-order valence-electron chi connectivity index (χ1n) is 16.0. The lowest BCUT2D eigenvalue weighted by atomic mass is 10.00. The smallest absolute Gasteiger partial charge is 0.344 e. The average molecular weight is 675 g/mol. The molecule has 0 fully saturated rings. The quantitative estimate of drug-likeness (QED) is 0.104. The molecule has 0 saturated carbocycles. The van der Waals surface area contributed by atoms with Crippen molar-refractivity contribution in [2.75, 3.05) is 66.0 Å². The number of nitrogens with zero attached hydrogens (tertiary/aromatic N) is 1. The van der Waals surface area contributed by atoms with Crippen LogP contribution in [0.15, 0.2) is 47.6 Å². The number of aliphatic carboxylic acids is 1. The van der Waals surface area contributed by atoms with Crippen molar-refractivity contribution >= 4 is 29.7 Å². The molecule has 1 aliphatic carbocycles. The summed E-state index contributed by atoms with van der Waals surface area (Å²) in [6.45, 7) is 7.45. The van der Waals surface area contributed by atoms with Crippen LogP contribution in [0.2, 0.25) is 0 Å². The molecule has 3 rings (SSSR count). The number of carboxylic acids is 1. The third-order valence-electron chi connectivity index (χ3n) is 6.97. The minimum Gasteiger partial charge on any atom is -0.482 e. The molecule has 14 heteroatoms. The normalized spacial score (nSPS) is 15.0. The first-order chi connectivity index (χ1) is 22.9. The van der Waals surface area contributed by atoms with E-state index in [0.29, 0.717) is 61.9 Å². The second-order valence-corrected chi connectivity index (χ2v) is 12.0. The molecule has 1 unspecified atom stereocenters. The van der Waals surface area contributed by atoms with Crippen LogP contribution in [0.3, 0.4) is 0 Å². The van der Waals surface area contributed by atoms with Crippen LogP contribution in [-0.2, 0) is 54.1 Å². The second kappa shape index (κ2) is 19.6.